The maximum absolute atomic E-state index is 12.7. The molecule has 1 aliphatic heterocycles. The van der Waals surface area contributed by atoms with Gasteiger partial charge in [0.15, 0.2) is 5.75 Å². The Morgan fingerprint density at radius 2 is 1.83 bits per heavy atom. The second-order valence-corrected chi connectivity index (χ2v) is 9.17. The van der Waals surface area contributed by atoms with Gasteiger partial charge in [-0.2, -0.15) is 13.1 Å². The van der Waals surface area contributed by atoms with Gasteiger partial charge >= 0.3 is 6.61 Å². The summed E-state index contributed by atoms with van der Waals surface area (Å²) in [5.74, 6) is -2.01. The molecule has 1 saturated heterocycles. The largest absolute Gasteiger partial charge is 0.506 e. The lowest BCUT2D eigenvalue weighted by Gasteiger charge is -2.17. The first-order valence-corrected chi connectivity index (χ1v) is 10.9. The lowest BCUT2D eigenvalue weighted by atomic mass is 10.1. The van der Waals surface area contributed by atoms with Crippen LogP contribution >= 0.6 is 23.2 Å². The number of sulfonamides is 1. The molecule has 0 bridgehead atoms. The number of halogens is 4. The standard InChI is InChI=1S/C18H16Cl2F2N2O5S/c19-10-7-12(16(13(20)8-10)29-18(21)22)17(26)23-14-9-11(3-4-15(14)25)30(27,28)24-5-1-2-6-24/h3-4,7-9,18,25H,1-2,5-6H2,(H,23,26). The first-order valence-electron chi connectivity index (χ1n) is 8.68. The van der Waals surface area contributed by atoms with E-state index in [0.717, 1.165) is 37.1 Å². The van der Waals surface area contributed by atoms with E-state index < -0.39 is 39.6 Å². The Bertz CT molecular complexity index is 1080. The summed E-state index contributed by atoms with van der Waals surface area (Å²) in [4.78, 5) is 12.5. The highest BCUT2D eigenvalue weighted by atomic mass is 35.5. The first kappa shape index (κ1) is 22.5. The Hall–Kier alpha value is -2.14. The van der Waals surface area contributed by atoms with Crippen LogP contribution in [0.25, 0.3) is 0 Å². The quantitative estimate of drug-likeness (QED) is 0.599. The van der Waals surface area contributed by atoms with E-state index in [1.807, 2.05) is 0 Å². The Balaban J connectivity index is 1.94. The number of carbonyl (C=O) groups excluding carboxylic acids is 1. The third-order valence-electron chi connectivity index (χ3n) is 4.38. The number of alkyl halides is 2. The van der Waals surface area contributed by atoms with Crippen molar-refractivity contribution in [3.8, 4) is 11.5 Å². The third kappa shape index (κ3) is 4.77. The van der Waals surface area contributed by atoms with Crippen molar-refractivity contribution in [3.05, 3.63) is 45.9 Å². The van der Waals surface area contributed by atoms with Gasteiger partial charge in [0.1, 0.15) is 5.75 Å². The number of phenolic OH excluding ortho intramolecular Hbond substituents is 1. The highest BCUT2D eigenvalue weighted by Crippen LogP contribution is 2.35. The monoisotopic (exact) mass is 480 g/mol. The molecule has 0 saturated carbocycles. The van der Waals surface area contributed by atoms with Gasteiger partial charge in [0.25, 0.3) is 5.91 Å². The Morgan fingerprint density at radius 3 is 2.47 bits per heavy atom. The summed E-state index contributed by atoms with van der Waals surface area (Å²) in [5.41, 5.74) is -0.653. The van der Waals surface area contributed by atoms with Gasteiger partial charge in [-0.25, -0.2) is 8.42 Å². The minimum absolute atomic E-state index is 0.0126. The lowest BCUT2D eigenvalue weighted by Crippen LogP contribution is -2.28. The number of phenols is 1. The van der Waals surface area contributed by atoms with Crippen LogP contribution in [0, 0.1) is 0 Å². The van der Waals surface area contributed by atoms with Crippen molar-refractivity contribution in [2.24, 2.45) is 0 Å². The number of amides is 1. The minimum atomic E-state index is -3.81. The number of nitrogens with zero attached hydrogens (tertiary/aromatic N) is 1. The average molecular weight is 481 g/mol. The van der Waals surface area contributed by atoms with Crippen LogP contribution in [0.4, 0.5) is 14.5 Å². The molecule has 0 spiro atoms. The Labute approximate surface area is 181 Å². The van der Waals surface area contributed by atoms with Crippen LogP contribution in [0.5, 0.6) is 11.5 Å². The number of benzene rings is 2. The van der Waals surface area contributed by atoms with Crippen molar-refractivity contribution >= 4 is 44.8 Å². The number of nitrogens with one attached hydrogen (secondary N) is 1. The fourth-order valence-electron chi connectivity index (χ4n) is 2.98. The van der Waals surface area contributed by atoms with Crippen molar-refractivity contribution < 1.29 is 31.8 Å². The molecule has 1 fully saturated rings. The normalized spacial score (nSPS) is 14.8. The molecule has 0 radical (unpaired) electrons. The minimum Gasteiger partial charge on any atom is -0.506 e. The number of rotatable bonds is 6. The SMILES string of the molecule is O=C(Nc1cc(S(=O)(=O)N2CCCC2)ccc1O)c1cc(Cl)cc(Cl)c1OC(F)F. The summed E-state index contributed by atoms with van der Waals surface area (Å²) < 4.78 is 56.5. The van der Waals surface area contributed by atoms with Crippen LogP contribution in [0.15, 0.2) is 35.2 Å². The lowest BCUT2D eigenvalue weighted by molar-refractivity contribution is -0.0500. The molecule has 1 aliphatic rings. The van der Waals surface area contributed by atoms with Crippen molar-refractivity contribution in [1.82, 2.24) is 4.31 Å². The molecule has 0 unspecified atom stereocenters. The molecule has 0 atom stereocenters. The van der Waals surface area contributed by atoms with Gasteiger partial charge in [-0.05, 0) is 43.2 Å². The molecule has 12 heteroatoms. The molecular weight excluding hydrogens is 465 g/mol. The molecule has 2 aromatic rings. The number of carbonyl (C=O) groups is 1. The summed E-state index contributed by atoms with van der Waals surface area (Å²) in [6.45, 7) is -2.50. The molecule has 30 heavy (non-hydrogen) atoms. The molecule has 162 valence electrons. The van der Waals surface area contributed by atoms with Gasteiger partial charge in [-0.1, -0.05) is 23.2 Å². The van der Waals surface area contributed by atoms with Crippen molar-refractivity contribution in [2.75, 3.05) is 18.4 Å². The predicted molar refractivity (Wildman–Crippen MR) is 107 cm³/mol. The summed E-state index contributed by atoms with van der Waals surface area (Å²) >= 11 is 11.7. The molecule has 3 rings (SSSR count). The van der Waals surface area contributed by atoms with Crippen LogP contribution in [0.2, 0.25) is 10.0 Å². The number of hydrogen-bond donors (Lipinski definition) is 2. The van der Waals surface area contributed by atoms with Crippen LogP contribution in [-0.2, 0) is 10.0 Å². The second-order valence-electron chi connectivity index (χ2n) is 6.39. The van der Waals surface area contributed by atoms with Crippen molar-refractivity contribution in [1.29, 1.82) is 0 Å². The molecule has 7 nitrogen and oxygen atoms in total. The molecule has 0 aromatic heterocycles. The van der Waals surface area contributed by atoms with Gasteiger partial charge in [-0.3, -0.25) is 4.79 Å². The topological polar surface area (TPSA) is 95.9 Å². The zero-order valence-corrected chi connectivity index (χ0v) is 17.6. The molecule has 1 heterocycles. The van der Waals surface area contributed by atoms with Crippen LogP contribution in [0.1, 0.15) is 23.2 Å². The average Bonchev–Trinajstić information content (AvgIpc) is 3.20. The van der Waals surface area contributed by atoms with Crippen LogP contribution in [0.3, 0.4) is 0 Å². The van der Waals surface area contributed by atoms with E-state index >= 15 is 0 Å². The number of anilines is 1. The molecule has 1 amide bonds. The Kier molecular flexibility index (Phi) is 6.71. The molecule has 2 aromatic carbocycles. The maximum Gasteiger partial charge on any atom is 0.387 e. The first-order chi connectivity index (χ1) is 14.1. The van der Waals surface area contributed by atoms with Gasteiger partial charge in [0.05, 0.1) is 21.2 Å². The highest BCUT2D eigenvalue weighted by molar-refractivity contribution is 7.89. The highest BCUT2D eigenvalue weighted by Gasteiger charge is 2.28. The van der Waals surface area contributed by atoms with Gasteiger partial charge in [-0.15, -0.1) is 0 Å². The van der Waals surface area contributed by atoms with Gasteiger partial charge in [0.2, 0.25) is 10.0 Å². The van der Waals surface area contributed by atoms with E-state index in [1.54, 1.807) is 0 Å². The summed E-state index contributed by atoms with van der Waals surface area (Å²) in [6, 6.07) is 5.58. The molecule has 2 N–H and O–H groups in total. The number of ether oxygens (including phenoxy) is 1. The number of aromatic hydroxyl groups is 1. The van der Waals surface area contributed by atoms with Crippen molar-refractivity contribution in [3.63, 3.8) is 0 Å². The van der Waals surface area contributed by atoms with E-state index in [0.29, 0.717) is 13.1 Å². The summed E-state index contributed by atoms with van der Waals surface area (Å²) in [7, 11) is -3.81. The fourth-order valence-corrected chi connectivity index (χ4v) is 5.06. The van der Waals surface area contributed by atoms with Crippen LogP contribution in [-0.4, -0.2) is 43.4 Å². The second kappa shape index (κ2) is 8.93. The molecular formula is C18H16Cl2F2N2O5S. The number of hydrogen-bond acceptors (Lipinski definition) is 5. The summed E-state index contributed by atoms with van der Waals surface area (Å²) in [5, 5.41) is 12.0. The predicted octanol–water partition coefficient (Wildman–Crippen LogP) is 4.34. The fraction of sp³-hybridized carbons (Fsp3) is 0.278. The smallest absolute Gasteiger partial charge is 0.387 e. The van der Waals surface area contributed by atoms with E-state index in [-0.39, 0.29) is 20.6 Å². The van der Waals surface area contributed by atoms with E-state index in [9.17, 15) is 27.1 Å². The van der Waals surface area contributed by atoms with Crippen molar-refractivity contribution in [2.45, 2.75) is 24.3 Å². The maximum atomic E-state index is 12.7. The Morgan fingerprint density at radius 1 is 1.17 bits per heavy atom. The van der Waals surface area contributed by atoms with Crippen LogP contribution < -0.4 is 10.1 Å². The van der Waals surface area contributed by atoms with Gasteiger partial charge < -0.3 is 15.2 Å². The van der Waals surface area contributed by atoms with E-state index in [2.05, 4.69) is 10.1 Å². The third-order valence-corrected chi connectivity index (χ3v) is 6.77. The summed E-state index contributed by atoms with van der Waals surface area (Å²) in [6.07, 6.45) is 1.48. The zero-order chi connectivity index (χ0) is 22.1. The van der Waals surface area contributed by atoms with Gasteiger partial charge in [0, 0.05) is 18.1 Å². The zero-order valence-electron chi connectivity index (χ0n) is 15.2. The van der Waals surface area contributed by atoms with E-state index in [1.165, 1.54) is 10.4 Å². The molecule has 0 aliphatic carbocycles. The van der Waals surface area contributed by atoms with E-state index in [4.69, 9.17) is 23.2 Å².